The molecule has 6 nitrogen and oxygen atoms in total. The lowest BCUT2D eigenvalue weighted by Crippen LogP contribution is -2.13. The number of hydrogen-bond donors (Lipinski definition) is 1. The summed E-state index contributed by atoms with van der Waals surface area (Å²) in [6, 6.07) is 3.75. The standard InChI is InChI=1S/C11H11ClN2O4/c1-7(15)2-5-11(16)13-10-6-8(14(17)18)3-4-9(10)12/h3-4,6H,2,5H2,1H3,(H,13,16). The quantitative estimate of drug-likeness (QED) is 0.658. The Hall–Kier alpha value is -1.95. The molecule has 96 valence electrons. The normalized spacial score (nSPS) is 9.89. The molecule has 1 rings (SSSR count). The lowest BCUT2D eigenvalue weighted by Gasteiger charge is -2.06. The lowest BCUT2D eigenvalue weighted by atomic mass is 10.2. The average molecular weight is 271 g/mol. The number of non-ortho nitro benzene ring substituents is 1. The van der Waals surface area contributed by atoms with E-state index in [2.05, 4.69) is 5.32 Å². The van der Waals surface area contributed by atoms with Gasteiger partial charge in [0.25, 0.3) is 5.69 Å². The van der Waals surface area contributed by atoms with Crippen molar-refractivity contribution < 1.29 is 14.5 Å². The van der Waals surface area contributed by atoms with Crippen LogP contribution in [0.5, 0.6) is 0 Å². The molecule has 0 radical (unpaired) electrons. The Kier molecular flexibility index (Phi) is 4.79. The Morgan fingerprint density at radius 2 is 2.06 bits per heavy atom. The van der Waals surface area contributed by atoms with Crippen molar-refractivity contribution in [3.63, 3.8) is 0 Å². The zero-order chi connectivity index (χ0) is 13.7. The van der Waals surface area contributed by atoms with E-state index in [4.69, 9.17) is 11.6 Å². The fraction of sp³-hybridized carbons (Fsp3) is 0.273. The van der Waals surface area contributed by atoms with E-state index in [0.717, 1.165) is 0 Å². The summed E-state index contributed by atoms with van der Waals surface area (Å²) in [6.45, 7) is 1.38. The highest BCUT2D eigenvalue weighted by Crippen LogP contribution is 2.26. The third-order valence-corrected chi connectivity index (χ3v) is 2.47. The number of Topliss-reactive ketones (excluding diaryl/α,β-unsaturated/α-hetero) is 1. The zero-order valence-electron chi connectivity index (χ0n) is 9.60. The van der Waals surface area contributed by atoms with Crippen molar-refractivity contribution in [1.29, 1.82) is 0 Å². The van der Waals surface area contributed by atoms with E-state index in [9.17, 15) is 19.7 Å². The number of anilines is 1. The number of nitro groups is 1. The van der Waals surface area contributed by atoms with E-state index in [1.807, 2.05) is 0 Å². The Morgan fingerprint density at radius 3 is 2.61 bits per heavy atom. The van der Waals surface area contributed by atoms with Crippen molar-refractivity contribution in [1.82, 2.24) is 0 Å². The Morgan fingerprint density at radius 1 is 1.39 bits per heavy atom. The number of ketones is 1. The second-order valence-electron chi connectivity index (χ2n) is 3.67. The fourth-order valence-corrected chi connectivity index (χ4v) is 1.39. The van der Waals surface area contributed by atoms with Gasteiger partial charge in [-0.2, -0.15) is 0 Å². The Labute approximate surface area is 108 Å². The van der Waals surface area contributed by atoms with Crippen molar-refractivity contribution >= 4 is 34.7 Å². The topological polar surface area (TPSA) is 89.3 Å². The second kappa shape index (κ2) is 6.11. The molecule has 1 N–H and O–H groups in total. The molecule has 0 unspecified atom stereocenters. The fourth-order valence-electron chi connectivity index (χ4n) is 1.22. The number of halogens is 1. The number of nitrogens with one attached hydrogen (secondary N) is 1. The summed E-state index contributed by atoms with van der Waals surface area (Å²) >= 11 is 5.80. The van der Waals surface area contributed by atoms with Crippen LogP contribution in [0.3, 0.4) is 0 Å². The van der Waals surface area contributed by atoms with Gasteiger partial charge >= 0.3 is 0 Å². The number of amides is 1. The molecule has 0 aliphatic carbocycles. The van der Waals surface area contributed by atoms with Crippen LogP contribution in [0.15, 0.2) is 18.2 Å². The number of benzene rings is 1. The van der Waals surface area contributed by atoms with Crippen molar-refractivity contribution in [2.45, 2.75) is 19.8 Å². The highest BCUT2D eigenvalue weighted by atomic mass is 35.5. The maximum atomic E-state index is 11.5. The number of rotatable bonds is 5. The van der Waals surface area contributed by atoms with E-state index in [1.54, 1.807) is 0 Å². The van der Waals surface area contributed by atoms with Crippen LogP contribution in [0.1, 0.15) is 19.8 Å². The molecule has 0 aromatic heterocycles. The first-order valence-corrected chi connectivity index (χ1v) is 5.51. The smallest absolute Gasteiger partial charge is 0.271 e. The summed E-state index contributed by atoms with van der Waals surface area (Å²) < 4.78 is 0. The van der Waals surface area contributed by atoms with Crippen LogP contribution in [0.25, 0.3) is 0 Å². The minimum Gasteiger partial charge on any atom is -0.325 e. The van der Waals surface area contributed by atoms with Gasteiger partial charge in [-0.1, -0.05) is 11.6 Å². The van der Waals surface area contributed by atoms with E-state index >= 15 is 0 Å². The summed E-state index contributed by atoms with van der Waals surface area (Å²) in [5.74, 6) is -0.511. The van der Waals surface area contributed by atoms with Gasteiger partial charge in [0, 0.05) is 25.0 Å². The van der Waals surface area contributed by atoms with Crippen LogP contribution in [0.2, 0.25) is 5.02 Å². The Balaban J connectivity index is 2.77. The molecule has 0 heterocycles. The van der Waals surface area contributed by atoms with Crippen LogP contribution in [-0.4, -0.2) is 16.6 Å². The van der Waals surface area contributed by atoms with Crippen LogP contribution in [0.4, 0.5) is 11.4 Å². The SMILES string of the molecule is CC(=O)CCC(=O)Nc1cc([N+](=O)[O-])ccc1Cl. The molecule has 0 fully saturated rings. The van der Waals surface area contributed by atoms with Crippen LogP contribution < -0.4 is 5.32 Å². The van der Waals surface area contributed by atoms with Gasteiger partial charge in [-0.25, -0.2) is 0 Å². The minimum atomic E-state index is -0.582. The van der Waals surface area contributed by atoms with Gasteiger partial charge in [0.05, 0.1) is 15.6 Å². The number of carbonyl (C=O) groups is 2. The summed E-state index contributed by atoms with van der Waals surface area (Å²) in [7, 11) is 0. The van der Waals surface area contributed by atoms with E-state index in [1.165, 1.54) is 25.1 Å². The maximum absolute atomic E-state index is 11.5. The van der Waals surface area contributed by atoms with Gasteiger partial charge in [-0.05, 0) is 13.0 Å². The summed E-state index contributed by atoms with van der Waals surface area (Å²) in [6.07, 6.45) is 0.146. The van der Waals surface area contributed by atoms with Crippen LogP contribution in [0, 0.1) is 10.1 Å². The van der Waals surface area contributed by atoms with Gasteiger partial charge in [0.15, 0.2) is 0 Å². The van der Waals surface area contributed by atoms with Crippen molar-refractivity contribution in [3.05, 3.63) is 33.3 Å². The van der Waals surface area contributed by atoms with Crippen LogP contribution in [-0.2, 0) is 9.59 Å². The monoisotopic (exact) mass is 270 g/mol. The van der Waals surface area contributed by atoms with Gasteiger partial charge in [-0.3, -0.25) is 14.9 Å². The molecule has 0 aliphatic rings. The number of nitrogens with zero attached hydrogens (tertiary/aromatic N) is 1. The molecule has 1 aromatic rings. The van der Waals surface area contributed by atoms with Gasteiger partial charge < -0.3 is 10.1 Å². The molecule has 0 atom stereocenters. The molecule has 0 saturated carbocycles. The second-order valence-corrected chi connectivity index (χ2v) is 4.08. The molecule has 0 bridgehead atoms. The number of hydrogen-bond acceptors (Lipinski definition) is 4. The van der Waals surface area contributed by atoms with Gasteiger partial charge in [0.2, 0.25) is 5.91 Å². The van der Waals surface area contributed by atoms with E-state index in [-0.39, 0.29) is 35.0 Å². The van der Waals surface area contributed by atoms with E-state index in [0.29, 0.717) is 0 Å². The molecular weight excluding hydrogens is 260 g/mol. The molecule has 0 spiro atoms. The van der Waals surface area contributed by atoms with Crippen molar-refractivity contribution in [2.24, 2.45) is 0 Å². The molecule has 1 amide bonds. The molecule has 7 heteroatoms. The minimum absolute atomic E-state index is 0.0222. The number of nitro benzene ring substituents is 1. The van der Waals surface area contributed by atoms with Gasteiger partial charge in [-0.15, -0.1) is 0 Å². The average Bonchev–Trinajstić information content (AvgIpc) is 2.29. The van der Waals surface area contributed by atoms with Crippen LogP contribution >= 0.6 is 11.6 Å². The number of carbonyl (C=O) groups excluding carboxylic acids is 2. The third kappa shape index (κ3) is 4.14. The lowest BCUT2D eigenvalue weighted by molar-refractivity contribution is -0.384. The molecule has 0 aliphatic heterocycles. The highest BCUT2D eigenvalue weighted by molar-refractivity contribution is 6.33. The summed E-state index contributed by atoms with van der Waals surface area (Å²) in [5, 5.41) is 13.2. The molecule has 18 heavy (non-hydrogen) atoms. The van der Waals surface area contributed by atoms with Crippen molar-refractivity contribution in [2.75, 3.05) is 5.32 Å². The summed E-state index contributed by atoms with van der Waals surface area (Å²) in [5.41, 5.74) is 0.000636. The zero-order valence-corrected chi connectivity index (χ0v) is 10.4. The first kappa shape index (κ1) is 14.1. The van der Waals surface area contributed by atoms with Gasteiger partial charge in [0.1, 0.15) is 5.78 Å². The highest BCUT2D eigenvalue weighted by Gasteiger charge is 2.12. The van der Waals surface area contributed by atoms with Crippen molar-refractivity contribution in [3.8, 4) is 0 Å². The summed E-state index contributed by atoms with van der Waals surface area (Å²) in [4.78, 5) is 32.2. The molecule has 0 saturated heterocycles. The molecular formula is C11H11ClN2O4. The first-order valence-electron chi connectivity index (χ1n) is 5.13. The largest absolute Gasteiger partial charge is 0.325 e. The maximum Gasteiger partial charge on any atom is 0.271 e. The predicted molar refractivity (Wildman–Crippen MR) is 66.7 cm³/mol. The van der Waals surface area contributed by atoms with E-state index < -0.39 is 10.8 Å². The Bertz CT molecular complexity index is 502. The first-order chi connectivity index (χ1) is 8.40. The molecule has 1 aromatic carbocycles. The third-order valence-electron chi connectivity index (χ3n) is 2.14. The predicted octanol–water partition coefficient (Wildman–Crippen LogP) is 2.56.